The number of nitrogens with two attached hydrogens (primary N) is 1. The molecule has 0 saturated carbocycles. The van der Waals surface area contributed by atoms with Crippen LogP contribution in [0.5, 0.6) is 5.75 Å². The number of hydrogen-bond donors (Lipinski definition) is 3. The highest BCUT2D eigenvalue weighted by Gasteiger charge is 2.15. The molecule has 4 nitrogen and oxygen atoms in total. The van der Waals surface area contributed by atoms with Crippen LogP contribution in [0.25, 0.3) is 0 Å². The van der Waals surface area contributed by atoms with E-state index in [2.05, 4.69) is 0 Å². The summed E-state index contributed by atoms with van der Waals surface area (Å²) in [6.07, 6.45) is 0.649. The molecule has 0 aliphatic rings. The molecule has 1 atom stereocenters. The number of aromatic carboxylic acids is 1. The van der Waals surface area contributed by atoms with Crippen molar-refractivity contribution in [3.05, 3.63) is 28.8 Å². The summed E-state index contributed by atoms with van der Waals surface area (Å²) < 4.78 is 0. The maximum atomic E-state index is 10.8. The minimum atomic E-state index is -1.01. The van der Waals surface area contributed by atoms with Gasteiger partial charge in [0.25, 0.3) is 0 Å². The molecule has 1 rings (SSSR count). The molecule has 15 heavy (non-hydrogen) atoms. The summed E-state index contributed by atoms with van der Waals surface area (Å²) in [7, 11) is 0. The van der Waals surface area contributed by atoms with E-state index in [1.165, 1.54) is 12.1 Å². The Balaban J connectivity index is 3.31. The maximum Gasteiger partial charge on any atom is 0.335 e. The van der Waals surface area contributed by atoms with E-state index in [0.29, 0.717) is 17.5 Å². The molecule has 1 aromatic carbocycles. The third-order valence-corrected chi connectivity index (χ3v) is 2.42. The number of aromatic hydroxyl groups is 1. The van der Waals surface area contributed by atoms with E-state index < -0.39 is 5.97 Å². The number of phenolic OH excluding ortho intramolecular Hbond substituents is 1. The second-order valence-corrected chi connectivity index (χ2v) is 3.55. The van der Waals surface area contributed by atoms with Gasteiger partial charge in [-0.15, -0.1) is 0 Å². The van der Waals surface area contributed by atoms with Crippen LogP contribution >= 0.6 is 0 Å². The smallest absolute Gasteiger partial charge is 0.335 e. The molecule has 0 amide bonds. The molecule has 0 radical (unpaired) electrons. The fraction of sp³-hybridized carbons (Fsp3) is 0.364. The first-order valence-electron chi connectivity index (χ1n) is 4.79. The van der Waals surface area contributed by atoms with Crippen molar-refractivity contribution in [3.63, 3.8) is 0 Å². The number of carboxylic acid groups (broad SMARTS) is 1. The van der Waals surface area contributed by atoms with E-state index >= 15 is 0 Å². The molecule has 0 aromatic heterocycles. The van der Waals surface area contributed by atoms with E-state index in [9.17, 15) is 9.90 Å². The zero-order valence-electron chi connectivity index (χ0n) is 8.82. The van der Waals surface area contributed by atoms with Crippen molar-refractivity contribution < 1.29 is 15.0 Å². The molecule has 0 saturated heterocycles. The Hall–Kier alpha value is -1.55. The lowest BCUT2D eigenvalue weighted by atomic mass is 9.98. The van der Waals surface area contributed by atoms with E-state index in [0.717, 1.165) is 0 Å². The van der Waals surface area contributed by atoms with Crippen molar-refractivity contribution in [2.24, 2.45) is 5.73 Å². The van der Waals surface area contributed by atoms with Crippen molar-refractivity contribution in [1.29, 1.82) is 0 Å². The number of phenols is 1. The summed E-state index contributed by atoms with van der Waals surface area (Å²) in [5.41, 5.74) is 6.97. The van der Waals surface area contributed by atoms with Crippen LogP contribution in [0.3, 0.4) is 0 Å². The zero-order valence-corrected chi connectivity index (χ0v) is 8.82. The normalized spacial score (nSPS) is 12.5. The average Bonchev–Trinajstić information content (AvgIpc) is 2.20. The molecule has 0 fully saturated rings. The van der Waals surface area contributed by atoms with E-state index in [4.69, 9.17) is 10.8 Å². The highest BCUT2D eigenvalue weighted by Crippen LogP contribution is 2.29. The Morgan fingerprint density at radius 1 is 1.53 bits per heavy atom. The molecular weight excluding hydrogens is 194 g/mol. The monoisotopic (exact) mass is 209 g/mol. The lowest BCUT2D eigenvalue weighted by molar-refractivity contribution is 0.0696. The Morgan fingerprint density at radius 3 is 2.60 bits per heavy atom. The van der Waals surface area contributed by atoms with E-state index in [1.54, 1.807) is 6.92 Å². The fourth-order valence-electron chi connectivity index (χ4n) is 1.43. The molecule has 0 bridgehead atoms. The molecule has 4 heteroatoms. The lowest BCUT2D eigenvalue weighted by Gasteiger charge is -2.14. The molecular formula is C11H15NO3. The van der Waals surface area contributed by atoms with Gasteiger partial charge >= 0.3 is 5.97 Å². The number of aryl methyl sites for hydroxylation is 1. The van der Waals surface area contributed by atoms with Crippen molar-refractivity contribution in [1.82, 2.24) is 0 Å². The van der Waals surface area contributed by atoms with Gasteiger partial charge in [0.05, 0.1) is 5.56 Å². The predicted molar refractivity (Wildman–Crippen MR) is 57.0 cm³/mol. The minimum Gasteiger partial charge on any atom is -0.507 e. The highest BCUT2D eigenvalue weighted by atomic mass is 16.4. The molecule has 0 spiro atoms. The number of carbonyl (C=O) groups is 1. The second-order valence-electron chi connectivity index (χ2n) is 3.55. The van der Waals surface area contributed by atoms with Crippen LogP contribution in [-0.2, 0) is 0 Å². The van der Waals surface area contributed by atoms with Gasteiger partial charge in [0.1, 0.15) is 5.75 Å². The van der Waals surface area contributed by atoms with Gasteiger partial charge in [-0.1, -0.05) is 6.92 Å². The van der Waals surface area contributed by atoms with Gasteiger partial charge < -0.3 is 15.9 Å². The van der Waals surface area contributed by atoms with Gasteiger partial charge in [-0.2, -0.15) is 0 Å². The number of benzene rings is 1. The highest BCUT2D eigenvalue weighted by molar-refractivity contribution is 5.88. The van der Waals surface area contributed by atoms with Gasteiger partial charge in [-0.05, 0) is 31.0 Å². The van der Waals surface area contributed by atoms with Gasteiger partial charge in [-0.25, -0.2) is 4.79 Å². The third kappa shape index (κ3) is 2.27. The van der Waals surface area contributed by atoms with Crippen LogP contribution in [0, 0.1) is 6.92 Å². The summed E-state index contributed by atoms with van der Waals surface area (Å²) in [5.74, 6) is -0.919. The third-order valence-electron chi connectivity index (χ3n) is 2.42. The van der Waals surface area contributed by atoms with Crippen LogP contribution < -0.4 is 5.73 Å². The molecule has 0 unspecified atom stereocenters. The van der Waals surface area contributed by atoms with Gasteiger partial charge in [0.2, 0.25) is 0 Å². The van der Waals surface area contributed by atoms with Crippen molar-refractivity contribution in [2.75, 3.05) is 0 Å². The first-order valence-corrected chi connectivity index (χ1v) is 4.79. The van der Waals surface area contributed by atoms with E-state index in [-0.39, 0.29) is 17.4 Å². The van der Waals surface area contributed by atoms with E-state index in [1.807, 2.05) is 6.92 Å². The number of hydrogen-bond acceptors (Lipinski definition) is 3. The standard InChI is InChI=1S/C11H15NO3/c1-3-9(12)8-5-7(11(14)15)4-6(2)10(8)13/h4-5,9,13H,3,12H2,1-2H3,(H,14,15)/t9-/m1/s1. The molecule has 82 valence electrons. The summed E-state index contributed by atoms with van der Waals surface area (Å²) >= 11 is 0. The van der Waals surface area contributed by atoms with Crippen LogP contribution in [-0.4, -0.2) is 16.2 Å². The molecule has 0 aliphatic carbocycles. The van der Waals surface area contributed by atoms with Crippen molar-refractivity contribution in [2.45, 2.75) is 26.3 Å². The Labute approximate surface area is 88.3 Å². The van der Waals surface area contributed by atoms with Crippen molar-refractivity contribution in [3.8, 4) is 5.75 Å². The fourth-order valence-corrected chi connectivity index (χ4v) is 1.43. The number of rotatable bonds is 3. The SMILES string of the molecule is CC[C@@H](N)c1cc(C(=O)O)cc(C)c1O. The molecule has 0 heterocycles. The summed E-state index contributed by atoms with van der Waals surface area (Å²) in [6.45, 7) is 3.54. The van der Waals surface area contributed by atoms with Gasteiger partial charge in [-0.3, -0.25) is 0 Å². The predicted octanol–water partition coefficient (Wildman–Crippen LogP) is 1.81. The van der Waals surface area contributed by atoms with Crippen LogP contribution in [0.1, 0.15) is 40.9 Å². The summed E-state index contributed by atoms with van der Waals surface area (Å²) in [6, 6.07) is 2.53. The number of carboxylic acids is 1. The summed E-state index contributed by atoms with van der Waals surface area (Å²) in [4.78, 5) is 10.8. The zero-order chi connectivity index (χ0) is 11.6. The molecule has 0 aliphatic heterocycles. The Kier molecular flexibility index (Phi) is 3.31. The Bertz CT molecular complexity index is 388. The minimum absolute atomic E-state index is 0.0920. The van der Waals surface area contributed by atoms with Gasteiger partial charge in [0, 0.05) is 11.6 Å². The van der Waals surface area contributed by atoms with Crippen LogP contribution in [0.15, 0.2) is 12.1 Å². The summed E-state index contributed by atoms with van der Waals surface area (Å²) in [5, 5.41) is 18.6. The quantitative estimate of drug-likeness (QED) is 0.708. The topological polar surface area (TPSA) is 83.6 Å². The van der Waals surface area contributed by atoms with Crippen LogP contribution in [0.4, 0.5) is 0 Å². The first kappa shape index (κ1) is 11.5. The Morgan fingerprint density at radius 2 is 2.13 bits per heavy atom. The average molecular weight is 209 g/mol. The molecule has 1 aromatic rings. The second kappa shape index (κ2) is 4.31. The van der Waals surface area contributed by atoms with Crippen molar-refractivity contribution >= 4 is 5.97 Å². The first-order chi connectivity index (χ1) is 6.97. The van der Waals surface area contributed by atoms with Gasteiger partial charge in [0.15, 0.2) is 0 Å². The van der Waals surface area contributed by atoms with Crippen LogP contribution in [0.2, 0.25) is 0 Å². The largest absolute Gasteiger partial charge is 0.507 e. The maximum absolute atomic E-state index is 10.8. The molecule has 4 N–H and O–H groups in total. The lowest BCUT2D eigenvalue weighted by Crippen LogP contribution is -2.11.